The normalized spacial score (nSPS) is 17.7. The fourth-order valence-corrected chi connectivity index (χ4v) is 6.68. The molecule has 2 fully saturated rings. The summed E-state index contributed by atoms with van der Waals surface area (Å²) >= 11 is 0. The van der Waals surface area contributed by atoms with Crippen LogP contribution in [0.4, 0.5) is 4.79 Å². The van der Waals surface area contributed by atoms with Crippen molar-refractivity contribution in [1.29, 1.82) is 0 Å². The number of aromatic nitrogens is 2. The number of ketones is 2. The number of fused-ring (bicyclic) bond motifs is 2. The largest absolute Gasteiger partial charge is 0.444 e. The van der Waals surface area contributed by atoms with Crippen LogP contribution in [0, 0.1) is 0 Å². The van der Waals surface area contributed by atoms with Crippen molar-refractivity contribution in [1.82, 2.24) is 30.0 Å². The molecule has 0 atom stereocenters. The van der Waals surface area contributed by atoms with Gasteiger partial charge in [0.05, 0.1) is 42.2 Å². The molecule has 3 amide bonds. The first-order chi connectivity index (χ1) is 24.2. The van der Waals surface area contributed by atoms with Crippen LogP contribution in [0.3, 0.4) is 0 Å². The second-order valence-corrected chi connectivity index (χ2v) is 14.6. The topological polar surface area (TPSA) is 142 Å². The third-order valence-corrected chi connectivity index (χ3v) is 9.54. The lowest BCUT2D eigenvalue weighted by atomic mass is 10.0. The molecular weight excluding hydrogens is 648 g/mol. The molecule has 2 saturated heterocycles. The van der Waals surface area contributed by atoms with Gasteiger partial charge in [0.15, 0.2) is 11.6 Å². The molecule has 0 saturated carbocycles. The van der Waals surface area contributed by atoms with Crippen LogP contribution in [-0.4, -0.2) is 98.0 Å². The molecule has 2 aromatic heterocycles. The summed E-state index contributed by atoms with van der Waals surface area (Å²) in [5.74, 6) is 0.360. The molecular formula is C39H50N6O6. The fraction of sp³-hybridized carbons (Fsp3) is 0.513. The molecule has 0 radical (unpaired) electrons. The lowest BCUT2D eigenvalue weighted by Gasteiger charge is -2.38. The van der Waals surface area contributed by atoms with E-state index in [1.807, 2.05) is 56.0 Å². The summed E-state index contributed by atoms with van der Waals surface area (Å²) in [7, 11) is 0. The zero-order chi connectivity index (χ0) is 36.7. The Morgan fingerprint density at radius 1 is 0.765 bits per heavy atom. The Morgan fingerprint density at radius 3 is 1.76 bits per heavy atom. The van der Waals surface area contributed by atoms with Crippen LogP contribution >= 0.6 is 0 Å². The van der Waals surface area contributed by atoms with Gasteiger partial charge in [0, 0.05) is 58.7 Å². The highest BCUT2D eigenvalue weighted by atomic mass is 16.6. The van der Waals surface area contributed by atoms with Crippen molar-refractivity contribution in [3.05, 3.63) is 70.3 Å². The van der Waals surface area contributed by atoms with Gasteiger partial charge in [-0.2, -0.15) is 0 Å². The summed E-state index contributed by atoms with van der Waals surface area (Å²) < 4.78 is 5.64. The van der Waals surface area contributed by atoms with Crippen LogP contribution in [-0.2, 0) is 49.8 Å². The Hall–Kier alpha value is -4.71. The van der Waals surface area contributed by atoms with Crippen LogP contribution in [0.25, 0.3) is 12.2 Å². The summed E-state index contributed by atoms with van der Waals surface area (Å²) in [5.41, 5.74) is 4.69. The van der Waals surface area contributed by atoms with E-state index in [9.17, 15) is 24.0 Å². The summed E-state index contributed by atoms with van der Waals surface area (Å²) in [6.45, 7) is 12.6. The second-order valence-electron chi connectivity index (χ2n) is 14.6. The first-order valence-electron chi connectivity index (χ1n) is 17.9. The molecule has 2 aliphatic carbocycles. The number of likely N-dealkylation sites (tertiary alicyclic amines) is 2. The van der Waals surface area contributed by atoms with E-state index in [0.717, 1.165) is 59.8 Å². The number of hydrogen-bond donors (Lipinski definition) is 1. The number of carbonyl (C=O) groups excluding carboxylic acids is 5. The Balaban J connectivity index is 0.000000205. The zero-order valence-electron chi connectivity index (χ0n) is 30.4. The molecule has 51 heavy (non-hydrogen) atoms. The molecule has 12 nitrogen and oxygen atoms in total. The second kappa shape index (κ2) is 16.5. The molecule has 2 aromatic rings. The van der Waals surface area contributed by atoms with Crippen molar-refractivity contribution in [3.63, 3.8) is 0 Å². The number of nitrogens with one attached hydrogen (secondary N) is 1. The lowest BCUT2D eigenvalue weighted by molar-refractivity contribution is -0.131. The average Bonchev–Trinajstić information content (AvgIpc) is 3.09. The number of rotatable bonds is 6. The van der Waals surface area contributed by atoms with Gasteiger partial charge in [0.1, 0.15) is 5.60 Å². The number of pyridine rings is 2. The first kappa shape index (κ1) is 37.5. The highest BCUT2D eigenvalue weighted by molar-refractivity contribution is 5.98. The van der Waals surface area contributed by atoms with Gasteiger partial charge >= 0.3 is 6.09 Å². The minimum Gasteiger partial charge on any atom is -0.444 e. The molecule has 0 unspecified atom stereocenters. The van der Waals surface area contributed by atoms with Gasteiger partial charge in [0.25, 0.3) is 0 Å². The monoisotopic (exact) mass is 698 g/mol. The van der Waals surface area contributed by atoms with Crippen molar-refractivity contribution >= 4 is 41.6 Å². The summed E-state index contributed by atoms with van der Waals surface area (Å²) in [6, 6.07) is 8.26. The number of amides is 3. The molecule has 272 valence electrons. The van der Waals surface area contributed by atoms with E-state index in [4.69, 9.17) is 4.74 Å². The molecule has 12 heteroatoms. The van der Waals surface area contributed by atoms with Gasteiger partial charge in [0.2, 0.25) is 11.8 Å². The van der Waals surface area contributed by atoms with Crippen molar-refractivity contribution in [3.8, 4) is 0 Å². The van der Waals surface area contributed by atoms with Gasteiger partial charge in [-0.25, -0.2) is 4.79 Å². The third kappa shape index (κ3) is 10.6. The number of allylic oxidation sites excluding steroid dienone is 2. The van der Waals surface area contributed by atoms with Gasteiger partial charge in [-0.1, -0.05) is 12.1 Å². The van der Waals surface area contributed by atoms with E-state index in [0.29, 0.717) is 51.5 Å². The van der Waals surface area contributed by atoms with E-state index in [-0.39, 0.29) is 41.9 Å². The predicted octanol–water partition coefficient (Wildman–Crippen LogP) is 4.29. The lowest BCUT2D eigenvalue weighted by Crippen LogP contribution is -2.49. The summed E-state index contributed by atoms with van der Waals surface area (Å²) in [4.78, 5) is 73.7. The zero-order valence-corrected chi connectivity index (χ0v) is 30.4. The van der Waals surface area contributed by atoms with E-state index in [1.165, 1.54) is 0 Å². The van der Waals surface area contributed by atoms with Crippen LogP contribution in [0.1, 0.15) is 94.2 Å². The molecule has 6 rings (SSSR count). The molecule has 0 aromatic carbocycles. The third-order valence-electron chi connectivity index (χ3n) is 9.54. The highest BCUT2D eigenvalue weighted by Crippen LogP contribution is 2.24. The Morgan fingerprint density at radius 2 is 1.25 bits per heavy atom. The number of hydrogen-bond acceptors (Lipinski definition) is 9. The molecule has 0 spiro atoms. The van der Waals surface area contributed by atoms with E-state index >= 15 is 0 Å². The Kier molecular flexibility index (Phi) is 12.2. The van der Waals surface area contributed by atoms with Crippen molar-refractivity contribution in [2.45, 2.75) is 104 Å². The number of ether oxygens (including phenoxy) is 1. The number of carbonyl (C=O) groups is 5. The molecule has 4 aliphatic rings. The minimum atomic E-state index is -0.601. The predicted molar refractivity (Wildman–Crippen MR) is 193 cm³/mol. The minimum absolute atomic E-state index is 0.0280. The van der Waals surface area contributed by atoms with Crippen molar-refractivity contribution in [2.75, 3.05) is 26.2 Å². The summed E-state index contributed by atoms with van der Waals surface area (Å²) in [6.07, 6.45) is 10.5. The van der Waals surface area contributed by atoms with E-state index < -0.39 is 5.60 Å². The quantitative estimate of drug-likeness (QED) is 0.468. The highest BCUT2D eigenvalue weighted by Gasteiger charge is 2.32. The van der Waals surface area contributed by atoms with Crippen molar-refractivity contribution < 1.29 is 28.7 Å². The molecule has 0 bridgehead atoms. The Labute approximate surface area is 300 Å². The molecule has 4 heterocycles. The van der Waals surface area contributed by atoms with Crippen LogP contribution in [0.5, 0.6) is 0 Å². The SMILES string of the molecule is CC(=O)N1CCC(N(Cc2ccc3c(n2)CC(=O)C=C3)C(=O)OC(C)(C)C)CC1.CC(=O)N1CCC(NCc2ccc3c(n2)CC(=O)C=C3)CC1. The van der Waals surface area contributed by atoms with Crippen molar-refractivity contribution in [2.24, 2.45) is 0 Å². The Bertz CT molecular complexity index is 1700. The van der Waals surface area contributed by atoms with Crippen LogP contribution in [0.2, 0.25) is 0 Å². The van der Waals surface area contributed by atoms with Gasteiger partial charge in [-0.15, -0.1) is 0 Å². The summed E-state index contributed by atoms with van der Waals surface area (Å²) in [5, 5.41) is 3.51. The van der Waals surface area contributed by atoms with Gasteiger partial charge in [-0.3, -0.25) is 34.0 Å². The maximum absolute atomic E-state index is 12.9. The van der Waals surface area contributed by atoms with E-state index in [2.05, 4.69) is 15.3 Å². The maximum atomic E-state index is 12.9. The average molecular weight is 699 g/mol. The number of nitrogens with zero attached hydrogens (tertiary/aromatic N) is 5. The number of piperidine rings is 2. The first-order valence-corrected chi connectivity index (χ1v) is 17.9. The van der Waals surface area contributed by atoms with Gasteiger partial charge < -0.3 is 19.9 Å². The van der Waals surface area contributed by atoms with Crippen LogP contribution < -0.4 is 5.32 Å². The maximum Gasteiger partial charge on any atom is 0.410 e. The van der Waals surface area contributed by atoms with E-state index in [1.54, 1.807) is 41.9 Å². The van der Waals surface area contributed by atoms with Crippen LogP contribution in [0.15, 0.2) is 36.4 Å². The molecule has 2 aliphatic heterocycles. The standard InChI is InChI=1S/C22H29N3O4.C17H21N3O2/c1-15(26)24-11-9-18(10-12-24)25(21(28)29-22(2,3)4)14-17-7-5-16-6-8-19(27)13-20(16)23-17;1-12(21)20-8-6-14(7-9-20)18-11-15-4-2-13-3-5-16(22)10-17(13)19-15/h5-8,18H,9-14H2,1-4H3;2-5,14,18H,6-11H2,1H3. The molecule has 1 N–H and O–H groups in total. The fourth-order valence-electron chi connectivity index (χ4n) is 6.68. The van der Waals surface area contributed by atoms with Gasteiger partial charge in [-0.05, 0) is 94.0 Å². The smallest absolute Gasteiger partial charge is 0.410 e.